The number of hydrogen-bond donors (Lipinski definition) is 0. The van der Waals surface area contributed by atoms with Crippen molar-refractivity contribution in [2.75, 3.05) is 27.2 Å². The van der Waals surface area contributed by atoms with E-state index in [0.29, 0.717) is 11.9 Å². The van der Waals surface area contributed by atoms with E-state index < -0.39 is 0 Å². The van der Waals surface area contributed by atoms with Crippen LogP contribution in [0, 0.1) is 5.92 Å². The minimum Gasteiger partial charge on any atom is -0.350 e. The maximum atomic E-state index is 13.2. The number of amides is 1. The lowest BCUT2D eigenvalue weighted by molar-refractivity contribution is -0.134. The first-order valence-corrected chi connectivity index (χ1v) is 9.76. The summed E-state index contributed by atoms with van der Waals surface area (Å²) in [5.74, 6) is 1.36. The van der Waals surface area contributed by atoms with E-state index >= 15 is 0 Å². The Labute approximate surface area is 145 Å². The smallest absolute Gasteiger partial charge is 0.231 e. The molecule has 24 heavy (non-hydrogen) atoms. The molecule has 1 unspecified atom stereocenters. The molecular formula is C20H31N3O. The van der Waals surface area contributed by atoms with Crippen LogP contribution < -0.4 is 0 Å². The molecule has 2 aliphatic carbocycles. The van der Waals surface area contributed by atoms with Crippen LogP contribution in [0.5, 0.6) is 0 Å². The Bertz CT molecular complexity index is 594. The number of rotatable bonds is 4. The average Bonchev–Trinajstić information content (AvgIpc) is 3.32. The van der Waals surface area contributed by atoms with Gasteiger partial charge in [0.15, 0.2) is 0 Å². The van der Waals surface area contributed by atoms with E-state index in [2.05, 4.69) is 40.7 Å². The highest BCUT2D eigenvalue weighted by molar-refractivity contribution is 5.84. The molecule has 1 aromatic rings. The Morgan fingerprint density at radius 3 is 2.58 bits per heavy atom. The molecule has 1 aliphatic heterocycles. The van der Waals surface area contributed by atoms with Crippen molar-refractivity contribution in [2.45, 2.75) is 63.5 Å². The predicted molar refractivity (Wildman–Crippen MR) is 96.1 cm³/mol. The Balaban J connectivity index is 1.49. The van der Waals surface area contributed by atoms with E-state index in [1.54, 1.807) is 0 Å². The fourth-order valence-corrected chi connectivity index (χ4v) is 4.60. The van der Waals surface area contributed by atoms with Gasteiger partial charge in [0.2, 0.25) is 5.91 Å². The van der Waals surface area contributed by atoms with E-state index in [0.717, 1.165) is 57.7 Å². The van der Waals surface area contributed by atoms with Crippen LogP contribution in [0.1, 0.15) is 55.7 Å². The van der Waals surface area contributed by atoms with Crippen LogP contribution in [0.2, 0.25) is 0 Å². The van der Waals surface area contributed by atoms with Crippen LogP contribution >= 0.6 is 0 Å². The zero-order valence-corrected chi connectivity index (χ0v) is 15.2. The minimum atomic E-state index is 0.110. The topological polar surface area (TPSA) is 28.5 Å². The van der Waals surface area contributed by atoms with Crippen molar-refractivity contribution in [3.63, 3.8) is 0 Å². The van der Waals surface area contributed by atoms with Crippen molar-refractivity contribution in [1.29, 1.82) is 0 Å². The lowest BCUT2D eigenvalue weighted by atomic mass is 9.86. The van der Waals surface area contributed by atoms with Gasteiger partial charge < -0.3 is 14.4 Å². The summed E-state index contributed by atoms with van der Waals surface area (Å²) in [7, 11) is 4.31. The van der Waals surface area contributed by atoms with Crippen molar-refractivity contribution in [1.82, 2.24) is 14.4 Å². The van der Waals surface area contributed by atoms with Crippen LogP contribution in [0.25, 0.3) is 0 Å². The Morgan fingerprint density at radius 1 is 1.17 bits per heavy atom. The second kappa shape index (κ2) is 6.55. The van der Waals surface area contributed by atoms with Gasteiger partial charge in [-0.05, 0) is 76.6 Å². The third kappa shape index (κ3) is 3.13. The zero-order valence-electron chi connectivity index (χ0n) is 15.2. The maximum absolute atomic E-state index is 13.2. The second-order valence-electron chi connectivity index (χ2n) is 8.29. The molecule has 2 heterocycles. The van der Waals surface area contributed by atoms with Crippen LogP contribution in [-0.2, 0) is 17.8 Å². The fourth-order valence-electron chi connectivity index (χ4n) is 4.60. The summed E-state index contributed by atoms with van der Waals surface area (Å²) in [5, 5.41) is 0. The predicted octanol–water partition coefficient (Wildman–Crippen LogP) is 2.87. The van der Waals surface area contributed by atoms with Gasteiger partial charge in [-0.15, -0.1) is 0 Å². The van der Waals surface area contributed by atoms with Crippen LogP contribution in [0.3, 0.4) is 0 Å². The highest BCUT2D eigenvalue weighted by Crippen LogP contribution is 2.37. The molecule has 1 saturated heterocycles. The molecule has 4 rings (SSSR count). The summed E-state index contributed by atoms with van der Waals surface area (Å²) in [6.07, 6.45) is 10.5. The largest absolute Gasteiger partial charge is 0.350 e. The van der Waals surface area contributed by atoms with Crippen LogP contribution in [-0.4, -0.2) is 53.5 Å². The quantitative estimate of drug-likeness (QED) is 0.850. The monoisotopic (exact) mass is 329 g/mol. The minimum absolute atomic E-state index is 0.110. The molecule has 4 heteroatoms. The van der Waals surface area contributed by atoms with Crippen molar-refractivity contribution < 1.29 is 4.79 Å². The number of aryl methyl sites for hydroxylation is 1. The van der Waals surface area contributed by atoms with Gasteiger partial charge in [0.25, 0.3) is 0 Å². The summed E-state index contributed by atoms with van der Waals surface area (Å²) in [6.45, 7) is 2.98. The molecule has 0 aromatic carbocycles. The first kappa shape index (κ1) is 16.2. The van der Waals surface area contributed by atoms with Gasteiger partial charge in [-0.2, -0.15) is 0 Å². The lowest BCUT2D eigenvalue weighted by Gasteiger charge is -2.37. The molecule has 0 bridgehead atoms. The Hall–Kier alpha value is -1.29. The first-order valence-electron chi connectivity index (χ1n) is 9.76. The molecule has 132 valence electrons. The molecule has 0 radical (unpaired) electrons. The third-order valence-corrected chi connectivity index (χ3v) is 6.32. The van der Waals surface area contributed by atoms with Crippen molar-refractivity contribution in [2.24, 2.45) is 5.92 Å². The molecule has 1 amide bonds. The van der Waals surface area contributed by atoms with Gasteiger partial charge in [-0.1, -0.05) is 0 Å². The van der Waals surface area contributed by atoms with Gasteiger partial charge in [0.1, 0.15) is 0 Å². The standard InChI is InChI=1S/C20H31N3O/c1-21(2)17-9-12-22(13-10-17)20(24)18-5-3-4-16-8-11-23(19(16)18)14-15-6-7-15/h8,11,15,17-18H,3-7,9-10,12-14H2,1-2H3. The van der Waals surface area contributed by atoms with E-state index in [-0.39, 0.29) is 5.92 Å². The van der Waals surface area contributed by atoms with Crippen LogP contribution in [0.15, 0.2) is 12.3 Å². The van der Waals surface area contributed by atoms with Gasteiger partial charge in [0.05, 0.1) is 5.92 Å². The number of piperidine rings is 1. The summed E-state index contributed by atoms with van der Waals surface area (Å²) in [4.78, 5) is 17.7. The number of likely N-dealkylation sites (tertiary alicyclic amines) is 1. The van der Waals surface area contributed by atoms with Crippen molar-refractivity contribution in [3.8, 4) is 0 Å². The van der Waals surface area contributed by atoms with Gasteiger partial charge >= 0.3 is 0 Å². The Morgan fingerprint density at radius 2 is 1.92 bits per heavy atom. The normalized spacial score (nSPS) is 25.1. The second-order valence-corrected chi connectivity index (χ2v) is 8.29. The number of carbonyl (C=O) groups excluding carboxylic acids is 1. The molecule has 1 atom stereocenters. The van der Waals surface area contributed by atoms with E-state index in [1.807, 2.05) is 0 Å². The van der Waals surface area contributed by atoms with Gasteiger partial charge in [-0.3, -0.25) is 4.79 Å². The molecule has 3 aliphatic rings. The summed E-state index contributed by atoms with van der Waals surface area (Å²) in [5.41, 5.74) is 2.79. The van der Waals surface area contributed by atoms with Gasteiger partial charge in [0, 0.05) is 37.6 Å². The molecule has 0 N–H and O–H groups in total. The number of nitrogens with zero attached hydrogens (tertiary/aromatic N) is 3. The average molecular weight is 329 g/mol. The zero-order chi connectivity index (χ0) is 16.7. The van der Waals surface area contributed by atoms with Crippen LogP contribution in [0.4, 0.5) is 0 Å². The molecule has 1 saturated carbocycles. The molecule has 2 fully saturated rings. The molecule has 4 nitrogen and oxygen atoms in total. The van der Waals surface area contributed by atoms with E-state index in [1.165, 1.54) is 24.1 Å². The number of hydrogen-bond acceptors (Lipinski definition) is 2. The van der Waals surface area contributed by atoms with Crippen molar-refractivity contribution >= 4 is 5.91 Å². The Kier molecular flexibility index (Phi) is 4.42. The highest BCUT2D eigenvalue weighted by Gasteiger charge is 2.35. The maximum Gasteiger partial charge on any atom is 0.231 e. The molecular weight excluding hydrogens is 298 g/mol. The number of fused-ring (bicyclic) bond motifs is 1. The SMILES string of the molecule is CN(C)C1CCN(C(=O)C2CCCc3ccn(CC4CC4)c32)CC1. The highest BCUT2D eigenvalue weighted by atomic mass is 16.2. The summed E-state index contributed by atoms with van der Waals surface area (Å²) < 4.78 is 2.42. The molecule has 1 aromatic heterocycles. The van der Waals surface area contributed by atoms with E-state index in [4.69, 9.17) is 0 Å². The number of carbonyl (C=O) groups is 1. The lowest BCUT2D eigenvalue weighted by Crippen LogP contribution is -2.46. The first-order chi connectivity index (χ1) is 11.6. The third-order valence-electron chi connectivity index (χ3n) is 6.32. The van der Waals surface area contributed by atoms with Gasteiger partial charge in [-0.25, -0.2) is 0 Å². The summed E-state index contributed by atoms with van der Waals surface area (Å²) in [6, 6.07) is 2.91. The molecule has 0 spiro atoms. The van der Waals surface area contributed by atoms with E-state index in [9.17, 15) is 4.79 Å². The summed E-state index contributed by atoms with van der Waals surface area (Å²) >= 11 is 0. The van der Waals surface area contributed by atoms with Crippen molar-refractivity contribution in [3.05, 3.63) is 23.5 Å². The fraction of sp³-hybridized carbons (Fsp3) is 0.750. The number of aromatic nitrogens is 1.